The van der Waals surface area contributed by atoms with Crippen molar-refractivity contribution in [3.8, 4) is 5.75 Å². The first kappa shape index (κ1) is 25.2. The number of carbonyl (C=O) groups excluding carboxylic acids is 3. The molecule has 0 unspecified atom stereocenters. The first-order chi connectivity index (χ1) is 17.1. The standard InChI is InChI=1S/C26H35N3O6S/c1-16(2)35-20-7-4-6-18(14-20)15-36(33,34)28-12-5-8-22(28)26(32)27-13-11-21-23(27)17(3)24(30)29(21)25(31)19-9-10-19/h4,6-7,14,16-17,19,21-23H,5,8-13,15H2,1-3H3/t17-,21-,22-,23+/m0/s1. The van der Waals surface area contributed by atoms with Crippen LogP contribution in [-0.2, 0) is 30.2 Å². The summed E-state index contributed by atoms with van der Waals surface area (Å²) in [5.41, 5.74) is 0.608. The molecule has 10 heteroatoms. The number of hydrogen-bond acceptors (Lipinski definition) is 6. The lowest BCUT2D eigenvalue weighted by atomic mass is 10.0. The van der Waals surface area contributed by atoms with Crippen molar-refractivity contribution >= 4 is 27.7 Å². The van der Waals surface area contributed by atoms with E-state index in [4.69, 9.17) is 4.74 Å². The quantitative estimate of drug-likeness (QED) is 0.514. The minimum absolute atomic E-state index is 0.0259. The van der Waals surface area contributed by atoms with Gasteiger partial charge in [-0.2, -0.15) is 4.31 Å². The fourth-order valence-electron chi connectivity index (χ4n) is 6.05. The summed E-state index contributed by atoms with van der Waals surface area (Å²) in [4.78, 5) is 42.6. The van der Waals surface area contributed by atoms with Crippen LogP contribution in [0.5, 0.6) is 5.75 Å². The Kier molecular flexibility index (Phi) is 6.61. The van der Waals surface area contributed by atoms with E-state index in [1.807, 2.05) is 13.8 Å². The van der Waals surface area contributed by atoms with E-state index in [-0.39, 0.29) is 47.6 Å². The Balaban J connectivity index is 1.32. The van der Waals surface area contributed by atoms with Crippen LogP contribution in [0.1, 0.15) is 58.4 Å². The van der Waals surface area contributed by atoms with Gasteiger partial charge in [-0.1, -0.05) is 19.1 Å². The maximum atomic E-state index is 13.7. The maximum Gasteiger partial charge on any atom is 0.241 e. The lowest BCUT2D eigenvalue weighted by Gasteiger charge is -2.31. The van der Waals surface area contributed by atoms with Gasteiger partial charge in [0.1, 0.15) is 11.8 Å². The van der Waals surface area contributed by atoms with E-state index in [2.05, 4.69) is 0 Å². The van der Waals surface area contributed by atoms with Crippen LogP contribution >= 0.6 is 0 Å². The summed E-state index contributed by atoms with van der Waals surface area (Å²) < 4.78 is 33.9. The van der Waals surface area contributed by atoms with Gasteiger partial charge in [-0.15, -0.1) is 0 Å². The second-order valence-electron chi connectivity index (χ2n) is 10.8. The van der Waals surface area contributed by atoms with Crippen molar-refractivity contribution in [1.29, 1.82) is 0 Å². The van der Waals surface area contributed by atoms with E-state index in [1.54, 1.807) is 36.1 Å². The molecule has 1 aromatic carbocycles. The van der Waals surface area contributed by atoms with Gasteiger partial charge < -0.3 is 9.64 Å². The van der Waals surface area contributed by atoms with Crippen LogP contribution in [0.3, 0.4) is 0 Å². The second kappa shape index (κ2) is 9.45. The highest BCUT2D eigenvalue weighted by molar-refractivity contribution is 7.88. The molecule has 196 valence electrons. The minimum Gasteiger partial charge on any atom is -0.491 e. The van der Waals surface area contributed by atoms with Gasteiger partial charge in [0.2, 0.25) is 27.7 Å². The highest BCUT2D eigenvalue weighted by Crippen LogP contribution is 2.41. The van der Waals surface area contributed by atoms with Crippen LogP contribution in [-0.4, -0.2) is 77.6 Å². The summed E-state index contributed by atoms with van der Waals surface area (Å²) in [7, 11) is -3.76. The van der Waals surface area contributed by atoms with Gasteiger partial charge in [0.25, 0.3) is 0 Å². The first-order valence-electron chi connectivity index (χ1n) is 13.0. The van der Waals surface area contributed by atoms with E-state index in [9.17, 15) is 22.8 Å². The third-order valence-electron chi connectivity index (χ3n) is 7.80. The Morgan fingerprint density at radius 1 is 1.08 bits per heavy atom. The summed E-state index contributed by atoms with van der Waals surface area (Å²) in [5, 5.41) is 0. The third-order valence-corrected chi connectivity index (χ3v) is 9.65. The molecule has 3 saturated heterocycles. The summed E-state index contributed by atoms with van der Waals surface area (Å²) in [6, 6.07) is 5.57. The van der Waals surface area contributed by atoms with Crippen LogP contribution in [0.4, 0.5) is 0 Å². The average Bonchev–Trinajstić information content (AvgIpc) is 3.28. The molecule has 4 aliphatic rings. The Labute approximate surface area is 212 Å². The summed E-state index contributed by atoms with van der Waals surface area (Å²) in [5.74, 6) is -0.706. The van der Waals surface area contributed by atoms with Gasteiger partial charge in [0.05, 0.1) is 29.9 Å². The molecule has 0 bridgehead atoms. The molecule has 1 aromatic rings. The first-order valence-corrected chi connectivity index (χ1v) is 14.6. The monoisotopic (exact) mass is 517 g/mol. The molecule has 3 amide bonds. The molecule has 0 spiro atoms. The Bertz CT molecular complexity index is 1160. The molecule has 4 fully saturated rings. The molecule has 0 N–H and O–H groups in total. The van der Waals surface area contributed by atoms with Crippen LogP contribution in [0.15, 0.2) is 24.3 Å². The smallest absolute Gasteiger partial charge is 0.241 e. The lowest BCUT2D eigenvalue weighted by molar-refractivity contribution is -0.146. The number of rotatable bonds is 7. The van der Waals surface area contributed by atoms with Crippen LogP contribution in [0.2, 0.25) is 0 Å². The van der Waals surface area contributed by atoms with Crippen molar-refractivity contribution in [2.75, 3.05) is 13.1 Å². The van der Waals surface area contributed by atoms with E-state index >= 15 is 0 Å². The molecule has 0 aromatic heterocycles. The predicted molar refractivity (Wildman–Crippen MR) is 132 cm³/mol. The minimum atomic E-state index is -3.76. The van der Waals surface area contributed by atoms with E-state index in [1.165, 1.54) is 9.21 Å². The SMILES string of the molecule is CC(C)Oc1cccc(CS(=O)(=O)N2CCC[C@H]2C(=O)N2CC[C@H]3[C@H]2[C@H](C)C(=O)N3C(=O)C2CC2)c1. The number of hydrogen-bond donors (Lipinski definition) is 0. The van der Waals surface area contributed by atoms with Crippen molar-refractivity contribution in [3.63, 3.8) is 0 Å². The second-order valence-corrected chi connectivity index (χ2v) is 12.7. The Hall–Kier alpha value is -2.46. The number of imide groups is 1. The maximum absolute atomic E-state index is 13.7. The van der Waals surface area contributed by atoms with Gasteiger partial charge >= 0.3 is 0 Å². The number of carbonyl (C=O) groups is 3. The van der Waals surface area contributed by atoms with E-state index in [0.717, 1.165) is 12.8 Å². The number of fused-ring (bicyclic) bond motifs is 1. The average molecular weight is 518 g/mol. The van der Waals surface area contributed by atoms with Gasteiger partial charge in [0.15, 0.2) is 0 Å². The molecular formula is C26H35N3O6S. The number of likely N-dealkylation sites (tertiary alicyclic amines) is 2. The van der Waals surface area contributed by atoms with Crippen LogP contribution in [0.25, 0.3) is 0 Å². The molecule has 4 atom stereocenters. The highest BCUT2D eigenvalue weighted by Gasteiger charge is 2.57. The zero-order chi connectivity index (χ0) is 25.8. The van der Waals surface area contributed by atoms with Gasteiger partial charge in [-0.25, -0.2) is 8.42 Å². The molecule has 3 aliphatic heterocycles. The summed E-state index contributed by atoms with van der Waals surface area (Å²) in [6.07, 6.45) is 3.22. The van der Waals surface area contributed by atoms with Crippen molar-refractivity contribution < 1.29 is 27.5 Å². The lowest BCUT2D eigenvalue weighted by Crippen LogP contribution is -2.51. The van der Waals surface area contributed by atoms with E-state index < -0.39 is 22.0 Å². The zero-order valence-electron chi connectivity index (χ0n) is 21.1. The Morgan fingerprint density at radius 3 is 2.53 bits per heavy atom. The van der Waals surface area contributed by atoms with Crippen molar-refractivity contribution in [2.24, 2.45) is 11.8 Å². The molecule has 5 rings (SSSR count). The molecule has 0 radical (unpaired) electrons. The largest absolute Gasteiger partial charge is 0.491 e. The molecular weight excluding hydrogens is 482 g/mol. The van der Waals surface area contributed by atoms with Gasteiger partial charge in [-0.3, -0.25) is 19.3 Å². The number of benzene rings is 1. The van der Waals surface area contributed by atoms with Crippen LogP contribution in [0, 0.1) is 11.8 Å². The number of ether oxygens (including phenoxy) is 1. The van der Waals surface area contributed by atoms with Crippen molar-refractivity contribution in [3.05, 3.63) is 29.8 Å². The summed E-state index contributed by atoms with van der Waals surface area (Å²) in [6.45, 7) is 6.32. The highest BCUT2D eigenvalue weighted by atomic mass is 32.2. The Morgan fingerprint density at radius 2 is 1.83 bits per heavy atom. The van der Waals surface area contributed by atoms with Crippen LogP contribution < -0.4 is 4.74 Å². The fraction of sp³-hybridized carbons (Fsp3) is 0.654. The third kappa shape index (κ3) is 4.53. The number of amides is 3. The molecule has 3 heterocycles. The van der Waals surface area contributed by atoms with Gasteiger partial charge in [-0.05, 0) is 63.6 Å². The van der Waals surface area contributed by atoms with Gasteiger partial charge in [0, 0.05) is 19.0 Å². The molecule has 1 aliphatic carbocycles. The zero-order valence-corrected chi connectivity index (χ0v) is 21.9. The van der Waals surface area contributed by atoms with Crippen molar-refractivity contribution in [2.45, 2.75) is 82.9 Å². The predicted octanol–water partition coefficient (Wildman–Crippen LogP) is 2.15. The molecule has 36 heavy (non-hydrogen) atoms. The number of nitrogens with zero attached hydrogens (tertiary/aromatic N) is 3. The fourth-order valence-corrected chi connectivity index (χ4v) is 7.81. The topological polar surface area (TPSA) is 104 Å². The summed E-state index contributed by atoms with van der Waals surface area (Å²) >= 11 is 0. The van der Waals surface area contributed by atoms with Crippen molar-refractivity contribution in [1.82, 2.24) is 14.1 Å². The van der Waals surface area contributed by atoms with E-state index in [0.29, 0.717) is 43.7 Å². The molecule has 1 saturated carbocycles. The number of sulfonamides is 1. The normalized spacial score (nSPS) is 28.7. The molecule has 9 nitrogen and oxygen atoms in total.